The molecule has 0 aliphatic heterocycles. The van der Waals surface area contributed by atoms with Crippen LogP contribution in [0.4, 0.5) is 0 Å². The third-order valence-electron chi connectivity index (χ3n) is 11.6. The van der Waals surface area contributed by atoms with Gasteiger partial charge in [0.2, 0.25) is 0 Å². The largest absolute Gasteiger partial charge is 0.264 e. The van der Waals surface area contributed by atoms with Gasteiger partial charge in [0, 0.05) is 18.0 Å². The number of hydrogen-bond acceptors (Lipinski definition) is 1. The van der Waals surface area contributed by atoms with Crippen molar-refractivity contribution in [1.29, 1.82) is 0 Å². The van der Waals surface area contributed by atoms with Gasteiger partial charge in [-0.15, -0.1) is 0 Å². The molecular weight excluding hydrogens is 663 g/mol. The maximum atomic E-state index is 4.47. The highest BCUT2D eigenvalue weighted by Gasteiger charge is 2.18. The normalized spacial score (nSPS) is 11.7. The molecule has 1 heteroatoms. The highest BCUT2D eigenvalue weighted by atomic mass is 14.6. The number of nitrogens with zero attached hydrogens (tertiary/aromatic N) is 1. The molecule has 0 saturated carbocycles. The minimum absolute atomic E-state index is 1.13. The number of rotatable bonds is 4. The molecule has 1 heterocycles. The van der Waals surface area contributed by atoms with Gasteiger partial charge in [0.25, 0.3) is 0 Å². The molecule has 1 nitrogen and oxygen atoms in total. The molecule has 256 valence electrons. The van der Waals surface area contributed by atoms with Gasteiger partial charge < -0.3 is 0 Å². The summed E-state index contributed by atoms with van der Waals surface area (Å²) in [4.78, 5) is 4.47. The van der Waals surface area contributed by atoms with Crippen molar-refractivity contribution < 1.29 is 0 Å². The van der Waals surface area contributed by atoms with Crippen molar-refractivity contribution in [2.75, 3.05) is 0 Å². The fourth-order valence-corrected chi connectivity index (χ4v) is 9.17. The van der Waals surface area contributed by atoms with E-state index in [2.05, 4.69) is 188 Å². The predicted octanol–water partition coefficient (Wildman–Crippen LogP) is 15.0. The Kier molecular flexibility index (Phi) is 7.15. The second-order valence-corrected chi connectivity index (χ2v) is 14.7. The minimum Gasteiger partial charge on any atom is -0.264 e. The van der Waals surface area contributed by atoms with Gasteiger partial charge >= 0.3 is 0 Å². The van der Waals surface area contributed by atoms with Crippen LogP contribution in [0.2, 0.25) is 0 Å². The van der Waals surface area contributed by atoms with Crippen LogP contribution in [0.1, 0.15) is 5.56 Å². The highest BCUT2D eigenvalue weighted by molar-refractivity contribution is 6.23. The molecule has 0 unspecified atom stereocenters. The molecule has 55 heavy (non-hydrogen) atoms. The monoisotopic (exact) mass is 697 g/mol. The second kappa shape index (κ2) is 12.5. The zero-order valence-electron chi connectivity index (χ0n) is 30.4. The maximum Gasteiger partial charge on any atom is 0.0346 e. The van der Waals surface area contributed by atoms with E-state index >= 15 is 0 Å². The molecule has 0 radical (unpaired) electrons. The first-order valence-electron chi connectivity index (χ1n) is 19.0. The minimum atomic E-state index is 1.13. The van der Waals surface area contributed by atoms with E-state index in [4.69, 9.17) is 0 Å². The van der Waals surface area contributed by atoms with Crippen LogP contribution in [0.15, 0.2) is 194 Å². The quantitative estimate of drug-likeness (QED) is 0.132. The average molecular weight is 698 g/mol. The summed E-state index contributed by atoms with van der Waals surface area (Å²) in [6.45, 7) is 2.23. The summed E-state index contributed by atoms with van der Waals surface area (Å²) in [7, 11) is 0. The van der Waals surface area contributed by atoms with E-state index in [1.165, 1.54) is 109 Å². The fourth-order valence-electron chi connectivity index (χ4n) is 9.17. The molecule has 0 aliphatic rings. The molecule has 0 atom stereocenters. The summed E-state index contributed by atoms with van der Waals surface area (Å²) < 4.78 is 0. The van der Waals surface area contributed by atoms with Crippen molar-refractivity contribution in [2.24, 2.45) is 0 Å². The van der Waals surface area contributed by atoms with Crippen molar-refractivity contribution >= 4 is 64.6 Å². The summed E-state index contributed by atoms with van der Waals surface area (Å²) in [5.41, 5.74) is 11.1. The third kappa shape index (κ3) is 4.97. The van der Waals surface area contributed by atoms with Crippen LogP contribution in [0.3, 0.4) is 0 Å². The molecular formula is C54H35N. The number of aryl methyl sites for hydroxylation is 1. The Morgan fingerprint density at radius 3 is 1.49 bits per heavy atom. The fraction of sp³-hybridized carbons (Fsp3) is 0.0185. The second-order valence-electron chi connectivity index (χ2n) is 14.7. The molecule has 0 bridgehead atoms. The Morgan fingerprint density at radius 2 is 0.855 bits per heavy atom. The Hall–Kier alpha value is -7.09. The van der Waals surface area contributed by atoms with E-state index in [1.54, 1.807) is 0 Å². The molecule has 0 aliphatic carbocycles. The van der Waals surface area contributed by atoms with Crippen LogP contribution in [-0.4, -0.2) is 4.98 Å². The zero-order valence-corrected chi connectivity index (χ0v) is 30.4. The molecule has 10 aromatic carbocycles. The molecule has 0 saturated heterocycles. The van der Waals surface area contributed by atoms with Gasteiger partial charge in [-0.05, 0) is 128 Å². The Morgan fingerprint density at radius 1 is 0.327 bits per heavy atom. The Labute approximate surface area is 319 Å². The van der Waals surface area contributed by atoms with E-state index in [1.807, 2.05) is 18.5 Å². The van der Waals surface area contributed by atoms with E-state index in [-0.39, 0.29) is 0 Å². The lowest BCUT2D eigenvalue weighted by Crippen LogP contribution is -1.91. The molecule has 11 aromatic rings. The maximum absolute atomic E-state index is 4.47. The molecule has 0 spiro atoms. The number of pyridine rings is 1. The van der Waals surface area contributed by atoms with Crippen LogP contribution in [-0.2, 0) is 0 Å². The average Bonchev–Trinajstić information content (AvgIpc) is 3.25. The molecule has 11 rings (SSSR count). The van der Waals surface area contributed by atoms with E-state index < -0.39 is 0 Å². The van der Waals surface area contributed by atoms with Gasteiger partial charge in [0.1, 0.15) is 0 Å². The van der Waals surface area contributed by atoms with Gasteiger partial charge in [-0.1, -0.05) is 170 Å². The predicted molar refractivity (Wildman–Crippen MR) is 236 cm³/mol. The number of benzene rings is 10. The lowest BCUT2D eigenvalue weighted by molar-refractivity contribution is 1.33. The van der Waals surface area contributed by atoms with E-state index in [0.717, 1.165) is 5.56 Å². The van der Waals surface area contributed by atoms with Crippen LogP contribution in [0, 0.1) is 6.92 Å². The topological polar surface area (TPSA) is 12.9 Å². The van der Waals surface area contributed by atoms with Crippen molar-refractivity contribution in [3.63, 3.8) is 0 Å². The summed E-state index contributed by atoms with van der Waals surface area (Å²) in [6, 6.07) is 67.1. The summed E-state index contributed by atoms with van der Waals surface area (Å²) >= 11 is 0. The molecule has 0 amide bonds. The highest BCUT2D eigenvalue weighted by Crippen LogP contribution is 2.45. The first-order chi connectivity index (χ1) is 27.2. The van der Waals surface area contributed by atoms with Gasteiger partial charge in [0.15, 0.2) is 0 Å². The van der Waals surface area contributed by atoms with Crippen molar-refractivity contribution in [2.45, 2.75) is 6.92 Å². The van der Waals surface area contributed by atoms with Gasteiger partial charge in [-0.25, -0.2) is 0 Å². The van der Waals surface area contributed by atoms with Crippen LogP contribution >= 0.6 is 0 Å². The SMILES string of the molecule is Cc1cccc2ccc3cccc(-c4cccc5ccc6cc(-c7ccc(-c8c9ccccc9c(-c9cccnc9)c9ccccc89)cc7)ccc6c45)c3c12. The Bertz CT molecular complexity index is 3250. The molecule has 1 aromatic heterocycles. The smallest absolute Gasteiger partial charge is 0.0346 e. The van der Waals surface area contributed by atoms with Crippen LogP contribution in [0.25, 0.3) is 109 Å². The van der Waals surface area contributed by atoms with Crippen molar-refractivity contribution in [1.82, 2.24) is 4.98 Å². The number of fused-ring (bicyclic) bond motifs is 8. The first-order valence-corrected chi connectivity index (χ1v) is 19.0. The van der Waals surface area contributed by atoms with Gasteiger partial charge in [-0.3, -0.25) is 4.98 Å². The summed E-state index contributed by atoms with van der Waals surface area (Å²) in [5.74, 6) is 0. The van der Waals surface area contributed by atoms with Crippen LogP contribution in [0.5, 0.6) is 0 Å². The van der Waals surface area contributed by atoms with E-state index in [0.29, 0.717) is 0 Å². The van der Waals surface area contributed by atoms with Gasteiger partial charge in [-0.2, -0.15) is 0 Å². The lowest BCUT2D eigenvalue weighted by Gasteiger charge is -2.18. The third-order valence-corrected chi connectivity index (χ3v) is 11.6. The van der Waals surface area contributed by atoms with Crippen molar-refractivity contribution in [3.05, 3.63) is 200 Å². The molecule has 0 fully saturated rings. The molecule has 0 N–H and O–H groups in total. The number of aromatic nitrogens is 1. The first kappa shape index (κ1) is 31.4. The van der Waals surface area contributed by atoms with E-state index in [9.17, 15) is 0 Å². The standard InChI is InChI=1S/C54H35N/c1-34-10-6-11-36-25-26-38-13-8-20-49(54(38)50(34)36)48-19-7-12-37-27-28-41-32-40(29-30-43(41)51(37)48)35-21-23-39(24-22-35)52-44-15-2-4-17-46(44)53(42-14-9-31-55-33-42)47-18-5-3-16-45(47)52/h2-33H,1H3. The van der Waals surface area contributed by atoms with Gasteiger partial charge in [0.05, 0.1) is 0 Å². The Balaban J connectivity index is 1.05. The van der Waals surface area contributed by atoms with Crippen LogP contribution < -0.4 is 0 Å². The summed E-state index contributed by atoms with van der Waals surface area (Å²) in [5, 5.41) is 15.2. The summed E-state index contributed by atoms with van der Waals surface area (Å²) in [6.07, 6.45) is 3.81. The lowest BCUT2D eigenvalue weighted by atomic mass is 9.86. The zero-order chi connectivity index (χ0) is 36.5. The number of hydrogen-bond donors (Lipinski definition) is 0. The van der Waals surface area contributed by atoms with Crippen molar-refractivity contribution in [3.8, 4) is 44.5 Å².